The van der Waals surface area contributed by atoms with Gasteiger partial charge in [-0.2, -0.15) is 0 Å². The predicted molar refractivity (Wildman–Crippen MR) is 105 cm³/mol. The molecule has 0 aliphatic heterocycles. The van der Waals surface area contributed by atoms with Crippen LogP contribution in [-0.4, -0.2) is 24.6 Å². The fourth-order valence-electron chi connectivity index (χ4n) is 2.60. The molecule has 0 saturated heterocycles. The summed E-state index contributed by atoms with van der Waals surface area (Å²) in [6.45, 7) is 1.93. The molecule has 0 aliphatic rings. The molecule has 0 bridgehead atoms. The van der Waals surface area contributed by atoms with Gasteiger partial charge in [0.15, 0.2) is 5.78 Å². The lowest BCUT2D eigenvalue weighted by atomic mass is 9.94. The first kappa shape index (κ1) is 19.4. The summed E-state index contributed by atoms with van der Waals surface area (Å²) in [4.78, 5) is 12.7. The number of hydrogen-bond acceptors (Lipinski definition) is 3. The van der Waals surface area contributed by atoms with Crippen molar-refractivity contribution in [2.24, 2.45) is 0 Å². The number of rotatable bonds is 5. The summed E-state index contributed by atoms with van der Waals surface area (Å²) in [7, 11) is 1.66. The van der Waals surface area contributed by atoms with E-state index in [1.807, 2.05) is 78.9 Å². The summed E-state index contributed by atoms with van der Waals surface area (Å²) in [6, 6.07) is 25.1. The summed E-state index contributed by atoms with van der Waals surface area (Å²) < 4.78 is 5.19. The smallest absolute Gasteiger partial charge is 0.193 e. The van der Waals surface area contributed by atoms with E-state index in [0.717, 1.165) is 34.4 Å². The second-order valence-corrected chi connectivity index (χ2v) is 5.69. The van der Waals surface area contributed by atoms with Gasteiger partial charge in [0.25, 0.3) is 0 Å². The van der Waals surface area contributed by atoms with Gasteiger partial charge >= 0.3 is 0 Å². The first-order valence-electron chi connectivity index (χ1n) is 8.61. The Morgan fingerprint density at radius 3 is 2.08 bits per heavy atom. The maximum Gasteiger partial charge on any atom is 0.193 e. The normalized spacial score (nSPS) is 9.81. The number of ether oxygens (including phenoxy) is 1. The third kappa shape index (κ3) is 5.30. The molecule has 0 aliphatic carbocycles. The van der Waals surface area contributed by atoms with Crippen molar-refractivity contribution < 1.29 is 14.6 Å². The van der Waals surface area contributed by atoms with Crippen molar-refractivity contribution in [3.63, 3.8) is 0 Å². The molecular formula is C23H24O3. The van der Waals surface area contributed by atoms with E-state index in [2.05, 4.69) is 0 Å². The number of carbonyl (C=O) groups excluding carboxylic acids is 1. The van der Waals surface area contributed by atoms with Crippen LogP contribution < -0.4 is 4.74 Å². The van der Waals surface area contributed by atoms with Crippen molar-refractivity contribution in [3.8, 4) is 5.75 Å². The molecule has 0 unspecified atom stereocenters. The van der Waals surface area contributed by atoms with E-state index in [-0.39, 0.29) is 12.4 Å². The van der Waals surface area contributed by atoms with Gasteiger partial charge in [0, 0.05) is 17.7 Å². The minimum atomic E-state index is 0.0645. The molecule has 0 heterocycles. The van der Waals surface area contributed by atoms with Crippen LogP contribution in [-0.2, 0) is 6.42 Å². The van der Waals surface area contributed by atoms with Crippen LogP contribution in [0.4, 0.5) is 0 Å². The van der Waals surface area contributed by atoms with Crippen LogP contribution in [0.3, 0.4) is 0 Å². The van der Waals surface area contributed by atoms with Crippen molar-refractivity contribution in [3.05, 3.63) is 101 Å². The van der Waals surface area contributed by atoms with Gasteiger partial charge in [-0.1, -0.05) is 66.7 Å². The monoisotopic (exact) mass is 348 g/mol. The number of methoxy groups -OCH3 is 1. The second kappa shape index (κ2) is 10.2. The zero-order chi connectivity index (χ0) is 18.8. The summed E-state index contributed by atoms with van der Waals surface area (Å²) in [6.07, 6.45) is 0.721. The van der Waals surface area contributed by atoms with Crippen molar-refractivity contribution in [2.75, 3.05) is 13.7 Å². The van der Waals surface area contributed by atoms with E-state index in [9.17, 15) is 4.79 Å². The Morgan fingerprint density at radius 1 is 0.885 bits per heavy atom. The molecule has 26 heavy (non-hydrogen) atoms. The van der Waals surface area contributed by atoms with Crippen LogP contribution in [0.2, 0.25) is 0 Å². The molecular weight excluding hydrogens is 324 g/mol. The first-order valence-corrected chi connectivity index (χ1v) is 8.61. The predicted octanol–water partition coefficient (Wildman–Crippen LogP) is 4.52. The molecule has 0 aromatic heterocycles. The Kier molecular flexibility index (Phi) is 7.59. The Bertz CT molecular complexity index is 808. The van der Waals surface area contributed by atoms with Crippen LogP contribution in [0.1, 0.15) is 34.0 Å². The molecule has 1 N–H and O–H groups in total. The Morgan fingerprint density at radius 2 is 1.46 bits per heavy atom. The van der Waals surface area contributed by atoms with Crippen molar-refractivity contribution >= 4 is 5.78 Å². The van der Waals surface area contributed by atoms with E-state index < -0.39 is 0 Å². The topological polar surface area (TPSA) is 46.5 Å². The molecule has 3 nitrogen and oxygen atoms in total. The van der Waals surface area contributed by atoms with Crippen LogP contribution >= 0.6 is 0 Å². The number of benzene rings is 3. The number of ketones is 1. The highest BCUT2D eigenvalue weighted by molar-refractivity contribution is 6.09. The summed E-state index contributed by atoms with van der Waals surface area (Å²) >= 11 is 0. The molecule has 3 aromatic rings. The number of carbonyl (C=O) groups is 1. The Balaban J connectivity index is 0.000000758. The molecule has 0 fully saturated rings. The van der Waals surface area contributed by atoms with Crippen LogP contribution in [0, 0.1) is 0 Å². The number of aliphatic hydroxyl groups is 1. The van der Waals surface area contributed by atoms with Gasteiger partial charge in [-0.15, -0.1) is 0 Å². The van der Waals surface area contributed by atoms with Crippen molar-refractivity contribution in [1.29, 1.82) is 0 Å². The SMILES string of the molecule is CCO.COc1ccc(Cc2ccccc2C(=O)c2ccccc2)cc1. The molecule has 0 atom stereocenters. The standard InChI is InChI=1S/C21H18O2.C2H6O/c1-23-19-13-11-16(12-14-19)15-18-9-5-6-10-20(18)21(22)17-7-3-2-4-8-17;1-2-3/h2-14H,15H2,1H3;3H,2H2,1H3. The van der Waals surface area contributed by atoms with Gasteiger partial charge in [-0.25, -0.2) is 0 Å². The van der Waals surface area contributed by atoms with Gasteiger partial charge in [-0.05, 0) is 36.6 Å². The van der Waals surface area contributed by atoms with Crippen molar-refractivity contribution in [1.82, 2.24) is 0 Å². The molecule has 0 saturated carbocycles. The highest BCUT2D eigenvalue weighted by Gasteiger charge is 2.13. The van der Waals surface area contributed by atoms with E-state index in [1.165, 1.54) is 0 Å². The van der Waals surface area contributed by atoms with Crippen LogP contribution in [0.15, 0.2) is 78.9 Å². The minimum absolute atomic E-state index is 0.0645. The molecule has 0 amide bonds. The molecule has 3 rings (SSSR count). The zero-order valence-corrected chi connectivity index (χ0v) is 15.2. The summed E-state index contributed by atoms with van der Waals surface area (Å²) in [5, 5.41) is 7.57. The van der Waals surface area contributed by atoms with Gasteiger partial charge in [0.05, 0.1) is 7.11 Å². The maximum atomic E-state index is 12.7. The molecule has 0 spiro atoms. The fourth-order valence-corrected chi connectivity index (χ4v) is 2.60. The fraction of sp³-hybridized carbons (Fsp3) is 0.174. The lowest BCUT2D eigenvalue weighted by molar-refractivity contribution is 0.103. The van der Waals surface area contributed by atoms with E-state index in [4.69, 9.17) is 9.84 Å². The Hall–Kier alpha value is -2.91. The molecule has 3 aromatic carbocycles. The van der Waals surface area contributed by atoms with Gasteiger partial charge < -0.3 is 9.84 Å². The zero-order valence-electron chi connectivity index (χ0n) is 15.2. The quantitative estimate of drug-likeness (QED) is 0.690. The number of aliphatic hydroxyl groups excluding tert-OH is 1. The minimum Gasteiger partial charge on any atom is -0.497 e. The van der Waals surface area contributed by atoms with Crippen LogP contribution in [0.25, 0.3) is 0 Å². The van der Waals surface area contributed by atoms with Gasteiger partial charge in [0.2, 0.25) is 0 Å². The average molecular weight is 348 g/mol. The lowest BCUT2D eigenvalue weighted by Crippen LogP contribution is -2.05. The molecule has 0 radical (unpaired) electrons. The summed E-state index contributed by atoms with van der Waals surface area (Å²) in [5.74, 6) is 0.900. The first-order chi connectivity index (χ1) is 12.7. The average Bonchev–Trinajstić information content (AvgIpc) is 2.70. The van der Waals surface area contributed by atoms with E-state index >= 15 is 0 Å². The largest absolute Gasteiger partial charge is 0.497 e. The highest BCUT2D eigenvalue weighted by atomic mass is 16.5. The van der Waals surface area contributed by atoms with Gasteiger partial charge in [0.1, 0.15) is 5.75 Å². The third-order valence-electron chi connectivity index (χ3n) is 3.85. The summed E-state index contributed by atoms with van der Waals surface area (Å²) in [5.41, 5.74) is 3.66. The van der Waals surface area contributed by atoms with Crippen LogP contribution in [0.5, 0.6) is 5.75 Å². The Labute approximate surface area is 154 Å². The maximum absolute atomic E-state index is 12.7. The van der Waals surface area contributed by atoms with E-state index in [1.54, 1.807) is 14.0 Å². The third-order valence-corrected chi connectivity index (χ3v) is 3.85. The van der Waals surface area contributed by atoms with Gasteiger partial charge in [-0.3, -0.25) is 4.79 Å². The molecule has 3 heteroatoms. The van der Waals surface area contributed by atoms with E-state index in [0.29, 0.717) is 0 Å². The lowest BCUT2D eigenvalue weighted by Gasteiger charge is -2.09. The number of hydrogen-bond donors (Lipinski definition) is 1. The highest BCUT2D eigenvalue weighted by Crippen LogP contribution is 2.20. The molecule has 134 valence electrons. The second-order valence-electron chi connectivity index (χ2n) is 5.69. The van der Waals surface area contributed by atoms with Crippen molar-refractivity contribution in [2.45, 2.75) is 13.3 Å².